The lowest BCUT2D eigenvalue weighted by Crippen LogP contribution is -2.19. The van der Waals surface area contributed by atoms with Crippen LogP contribution in [0.15, 0.2) is 22.4 Å². The van der Waals surface area contributed by atoms with E-state index >= 15 is 0 Å². The van der Waals surface area contributed by atoms with E-state index in [1.807, 2.05) is 6.07 Å². The molecule has 1 saturated heterocycles. The molecule has 0 aromatic rings. The Hall–Kier alpha value is -2.27. The van der Waals surface area contributed by atoms with Gasteiger partial charge < -0.3 is 10.0 Å². The maximum Gasteiger partial charge on any atom is 0.346 e. The van der Waals surface area contributed by atoms with Gasteiger partial charge in [-0.25, -0.2) is 4.79 Å². The second-order valence-corrected chi connectivity index (χ2v) is 4.18. The van der Waals surface area contributed by atoms with Crippen LogP contribution in [-0.2, 0) is 4.79 Å². The molecule has 1 rings (SSSR count). The van der Waals surface area contributed by atoms with Gasteiger partial charge in [-0.2, -0.15) is 10.5 Å². The lowest BCUT2D eigenvalue weighted by Gasteiger charge is -2.20. The highest BCUT2D eigenvalue weighted by Crippen LogP contribution is 2.23. The van der Waals surface area contributed by atoms with Gasteiger partial charge in [-0.15, -0.1) is 0 Å². The van der Waals surface area contributed by atoms with Crippen molar-refractivity contribution in [3.8, 4) is 12.1 Å². The summed E-state index contributed by atoms with van der Waals surface area (Å²) in [5.41, 5.74) is 0.902. The third-order valence-electron chi connectivity index (χ3n) is 3.13. The number of hydrogen-bond donors (Lipinski definition) is 1. The van der Waals surface area contributed by atoms with Crippen LogP contribution in [0, 0.1) is 22.7 Å². The molecule has 5 heteroatoms. The van der Waals surface area contributed by atoms with Crippen molar-refractivity contribution in [1.29, 1.82) is 10.5 Å². The van der Waals surface area contributed by atoms with E-state index in [9.17, 15) is 10.1 Å². The number of aliphatic carboxylic acids is 1. The minimum atomic E-state index is -1.29. The Morgan fingerprint density at radius 3 is 2.00 bits per heavy atom. The average molecular weight is 245 g/mol. The number of hydrogen-bond acceptors (Lipinski definition) is 4. The van der Waals surface area contributed by atoms with Crippen LogP contribution >= 0.6 is 0 Å². The molecule has 0 atom stereocenters. The van der Waals surface area contributed by atoms with E-state index in [1.165, 1.54) is 6.92 Å². The lowest BCUT2D eigenvalue weighted by molar-refractivity contribution is -0.132. The fourth-order valence-corrected chi connectivity index (χ4v) is 2.06. The molecule has 0 saturated carbocycles. The zero-order valence-electron chi connectivity index (χ0n) is 10.5. The number of carboxylic acid groups (broad SMARTS) is 1. The van der Waals surface area contributed by atoms with Crippen LogP contribution in [-0.4, -0.2) is 29.1 Å². The molecule has 0 aliphatic carbocycles. The van der Waals surface area contributed by atoms with Crippen molar-refractivity contribution in [2.75, 3.05) is 13.1 Å². The summed E-state index contributed by atoms with van der Waals surface area (Å²) in [6, 6.07) is 3.65. The van der Waals surface area contributed by atoms with Gasteiger partial charge in [0.1, 0.15) is 17.7 Å². The first-order chi connectivity index (χ1) is 8.52. The highest BCUT2D eigenvalue weighted by molar-refractivity contribution is 5.93. The van der Waals surface area contributed by atoms with Gasteiger partial charge in [0.15, 0.2) is 0 Å². The quantitative estimate of drug-likeness (QED) is 0.465. The molecular formula is C13H15N3O2. The van der Waals surface area contributed by atoms with E-state index in [0.29, 0.717) is 0 Å². The molecule has 0 amide bonds. The Morgan fingerprint density at radius 2 is 1.61 bits per heavy atom. The first-order valence-electron chi connectivity index (χ1n) is 5.73. The molecule has 1 aliphatic rings. The Bertz CT molecular complexity index is 497. The van der Waals surface area contributed by atoms with Crippen molar-refractivity contribution in [2.24, 2.45) is 0 Å². The van der Waals surface area contributed by atoms with Crippen molar-refractivity contribution in [3.05, 3.63) is 22.4 Å². The Kier molecular flexibility index (Phi) is 4.51. The Morgan fingerprint density at radius 1 is 1.11 bits per heavy atom. The van der Waals surface area contributed by atoms with Gasteiger partial charge in [0.2, 0.25) is 0 Å². The van der Waals surface area contributed by atoms with Gasteiger partial charge >= 0.3 is 5.97 Å². The third-order valence-corrected chi connectivity index (χ3v) is 3.13. The number of carboxylic acids is 1. The minimum Gasteiger partial charge on any atom is -0.477 e. The highest BCUT2D eigenvalue weighted by Gasteiger charge is 2.20. The number of carbonyl (C=O) groups is 1. The molecule has 0 aromatic carbocycles. The van der Waals surface area contributed by atoms with Crippen LogP contribution < -0.4 is 0 Å². The standard InChI is InChI=1S/C13H15N3O2/c1-9(12(8-15)13(17)18)11(7-14)10(2)16-5-3-4-6-16/h3-6H2,1-2H3,(H,17,18)/b11-10+,12-9-. The second-order valence-electron chi connectivity index (χ2n) is 4.18. The van der Waals surface area contributed by atoms with Crippen molar-refractivity contribution >= 4 is 5.97 Å². The van der Waals surface area contributed by atoms with Gasteiger partial charge in [0.05, 0.1) is 5.57 Å². The summed E-state index contributed by atoms with van der Waals surface area (Å²) < 4.78 is 0. The molecule has 1 N–H and O–H groups in total. The van der Waals surface area contributed by atoms with E-state index in [-0.39, 0.29) is 16.7 Å². The van der Waals surface area contributed by atoms with Gasteiger partial charge in [-0.1, -0.05) is 0 Å². The topological polar surface area (TPSA) is 88.1 Å². The van der Waals surface area contributed by atoms with E-state index in [0.717, 1.165) is 31.6 Å². The number of allylic oxidation sites excluding steroid dienone is 3. The number of rotatable bonds is 3. The Balaban J connectivity index is 3.26. The molecule has 1 heterocycles. The van der Waals surface area contributed by atoms with E-state index in [1.54, 1.807) is 13.0 Å². The van der Waals surface area contributed by atoms with Crippen LogP contribution in [0.25, 0.3) is 0 Å². The van der Waals surface area contributed by atoms with Crippen LogP contribution in [0.2, 0.25) is 0 Å². The molecule has 0 radical (unpaired) electrons. The zero-order chi connectivity index (χ0) is 13.7. The van der Waals surface area contributed by atoms with Crippen LogP contribution in [0.3, 0.4) is 0 Å². The van der Waals surface area contributed by atoms with Crippen molar-refractivity contribution in [2.45, 2.75) is 26.7 Å². The van der Waals surface area contributed by atoms with Crippen molar-refractivity contribution in [1.82, 2.24) is 4.90 Å². The van der Waals surface area contributed by atoms with E-state index in [2.05, 4.69) is 4.90 Å². The minimum absolute atomic E-state index is 0.233. The van der Waals surface area contributed by atoms with Gasteiger partial charge in [-0.05, 0) is 32.3 Å². The zero-order valence-corrected chi connectivity index (χ0v) is 10.5. The summed E-state index contributed by atoms with van der Waals surface area (Å²) in [5, 5.41) is 26.9. The third kappa shape index (κ3) is 2.70. The summed E-state index contributed by atoms with van der Waals surface area (Å²) in [6.45, 7) is 5.05. The van der Waals surface area contributed by atoms with E-state index < -0.39 is 5.97 Å². The molecular weight excluding hydrogens is 230 g/mol. The fraction of sp³-hybridized carbons (Fsp3) is 0.462. The number of nitriles is 2. The summed E-state index contributed by atoms with van der Waals surface area (Å²) in [6.07, 6.45) is 2.14. The molecule has 0 aromatic heterocycles. The SMILES string of the molecule is CC(=C(\C#N)C(=O)O)/C(C#N)=C(\C)N1CCCC1. The lowest BCUT2D eigenvalue weighted by atomic mass is 10.0. The summed E-state index contributed by atoms with van der Waals surface area (Å²) in [4.78, 5) is 13.0. The first-order valence-corrected chi connectivity index (χ1v) is 5.73. The largest absolute Gasteiger partial charge is 0.477 e. The number of likely N-dealkylation sites (tertiary alicyclic amines) is 1. The summed E-state index contributed by atoms with van der Waals surface area (Å²) >= 11 is 0. The smallest absolute Gasteiger partial charge is 0.346 e. The average Bonchev–Trinajstić information content (AvgIpc) is 2.83. The molecule has 0 spiro atoms. The normalized spacial score (nSPS) is 17.4. The summed E-state index contributed by atoms with van der Waals surface area (Å²) in [7, 11) is 0. The van der Waals surface area contributed by atoms with Gasteiger partial charge in [0.25, 0.3) is 0 Å². The maximum atomic E-state index is 10.9. The summed E-state index contributed by atoms with van der Waals surface area (Å²) in [5.74, 6) is -1.29. The number of nitrogens with zero attached hydrogens (tertiary/aromatic N) is 3. The molecule has 5 nitrogen and oxygen atoms in total. The highest BCUT2D eigenvalue weighted by atomic mass is 16.4. The molecule has 94 valence electrons. The monoisotopic (exact) mass is 245 g/mol. The van der Waals surface area contributed by atoms with Crippen LogP contribution in [0.5, 0.6) is 0 Å². The molecule has 0 unspecified atom stereocenters. The van der Waals surface area contributed by atoms with Crippen LogP contribution in [0.1, 0.15) is 26.7 Å². The molecule has 1 aliphatic heterocycles. The fourth-order valence-electron chi connectivity index (χ4n) is 2.06. The molecule has 0 bridgehead atoms. The molecule has 18 heavy (non-hydrogen) atoms. The van der Waals surface area contributed by atoms with E-state index in [4.69, 9.17) is 10.4 Å². The molecule has 1 fully saturated rings. The predicted octanol–water partition coefficient (Wildman–Crippen LogP) is 1.80. The van der Waals surface area contributed by atoms with Crippen molar-refractivity contribution in [3.63, 3.8) is 0 Å². The Labute approximate surface area is 106 Å². The maximum absolute atomic E-state index is 10.9. The second kappa shape index (κ2) is 5.88. The van der Waals surface area contributed by atoms with Gasteiger partial charge in [-0.3, -0.25) is 0 Å². The predicted molar refractivity (Wildman–Crippen MR) is 65.1 cm³/mol. The van der Waals surface area contributed by atoms with Gasteiger partial charge in [0, 0.05) is 18.8 Å². The van der Waals surface area contributed by atoms with Crippen LogP contribution in [0.4, 0.5) is 0 Å². The van der Waals surface area contributed by atoms with Crippen molar-refractivity contribution < 1.29 is 9.90 Å². The first kappa shape index (κ1) is 13.8.